The highest BCUT2D eigenvalue weighted by atomic mass is 16.2. The summed E-state index contributed by atoms with van der Waals surface area (Å²) < 4.78 is 0. The Morgan fingerprint density at radius 3 is 2.63 bits per heavy atom. The number of hydrogen-bond donors (Lipinski definition) is 2. The molecule has 19 heavy (non-hydrogen) atoms. The van der Waals surface area contributed by atoms with Crippen LogP contribution in [0.4, 0.5) is 0 Å². The van der Waals surface area contributed by atoms with Gasteiger partial charge in [0.1, 0.15) is 0 Å². The summed E-state index contributed by atoms with van der Waals surface area (Å²) >= 11 is 0. The maximum Gasteiger partial charge on any atom is 0.325 e. The molecule has 0 amide bonds. The standard InChI is InChI=1S/C14H11N3O2/c1-8-11(13(18)17-14(19)16-8)10-6-2-4-9-5-3-7-15-12(9)10/h2-7H,1H3,(H2,16,17,18,19). The van der Waals surface area contributed by atoms with Crippen LogP contribution in [0.2, 0.25) is 0 Å². The lowest BCUT2D eigenvalue weighted by Gasteiger charge is -2.07. The number of fused-ring (bicyclic) bond motifs is 1. The topological polar surface area (TPSA) is 78.6 Å². The zero-order valence-electron chi connectivity index (χ0n) is 10.2. The van der Waals surface area contributed by atoms with Crippen LogP contribution in [0.25, 0.3) is 22.0 Å². The lowest BCUT2D eigenvalue weighted by atomic mass is 10.0. The monoisotopic (exact) mass is 253 g/mol. The second-order valence-electron chi connectivity index (χ2n) is 4.29. The SMILES string of the molecule is Cc1[nH]c(=O)[nH]c(=O)c1-c1cccc2cccnc12. The molecular formula is C14H11N3O2. The van der Waals surface area contributed by atoms with Crippen molar-refractivity contribution in [3.63, 3.8) is 0 Å². The summed E-state index contributed by atoms with van der Waals surface area (Å²) in [6.07, 6.45) is 1.68. The molecule has 2 aromatic heterocycles. The average Bonchev–Trinajstić information content (AvgIpc) is 2.38. The third kappa shape index (κ3) is 1.85. The average molecular weight is 253 g/mol. The number of aryl methyl sites for hydroxylation is 1. The number of nitrogens with one attached hydrogen (secondary N) is 2. The van der Waals surface area contributed by atoms with Crippen molar-refractivity contribution >= 4 is 10.9 Å². The Morgan fingerprint density at radius 1 is 1.05 bits per heavy atom. The summed E-state index contributed by atoms with van der Waals surface area (Å²) in [4.78, 5) is 32.4. The number of aromatic nitrogens is 3. The molecule has 1 aromatic carbocycles. The predicted octanol–water partition coefficient (Wildman–Crippen LogP) is 1.59. The molecule has 94 valence electrons. The van der Waals surface area contributed by atoms with Gasteiger partial charge < -0.3 is 4.98 Å². The van der Waals surface area contributed by atoms with Crippen LogP contribution in [0.3, 0.4) is 0 Å². The number of H-pyrrole nitrogens is 2. The van der Waals surface area contributed by atoms with Gasteiger partial charge in [-0.1, -0.05) is 24.3 Å². The summed E-state index contributed by atoms with van der Waals surface area (Å²) in [5.74, 6) is 0. The fourth-order valence-corrected chi connectivity index (χ4v) is 2.23. The van der Waals surface area contributed by atoms with E-state index in [4.69, 9.17) is 0 Å². The molecule has 0 bridgehead atoms. The second kappa shape index (κ2) is 4.20. The van der Waals surface area contributed by atoms with Gasteiger partial charge in [0.2, 0.25) is 0 Å². The third-order valence-electron chi connectivity index (χ3n) is 3.03. The van der Waals surface area contributed by atoms with E-state index in [0.29, 0.717) is 16.8 Å². The van der Waals surface area contributed by atoms with Crippen LogP contribution in [0.1, 0.15) is 5.69 Å². The van der Waals surface area contributed by atoms with Crippen molar-refractivity contribution in [2.45, 2.75) is 6.92 Å². The molecule has 3 rings (SSSR count). The predicted molar refractivity (Wildman–Crippen MR) is 73.2 cm³/mol. The fourth-order valence-electron chi connectivity index (χ4n) is 2.23. The molecule has 5 heteroatoms. The van der Waals surface area contributed by atoms with E-state index in [9.17, 15) is 9.59 Å². The minimum absolute atomic E-state index is 0.403. The number of pyridine rings is 1. The van der Waals surface area contributed by atoms with Gasteiger partial charge in [0.25, 0.3) is 5.56 Å². The van der Waals surface area contributed by atoms with E-state index in [1.54, 1.807) is 13.1 Å². The van der Waals surface area contributed by atoms with Crippen molar-refractivity contribution < 1.29 is 0 Å². The molecule has 0 spiro atoms. The quantitative estimate of drug-likeness (QED) is 0.691. The molecule has 0 atom stereocenters. The van der Waals surface area contributed by atoms with Crippen LogP contribution >= 0.6 is 0 Å². The number of para-hydroxylation sites is 1. The van der Waals surface area contributed by atoms with Gasteiger partial charge in [-0.2, -0.15) is 0 Å². The third-order valence-corrected chi connectivity index (χ3v) is 3.03. The lowest BCUT2D eigenvalue weighted by Crippen LogP contribution is -2.25. The van der Waals surface area contributed by atoms with E-state index in [1.165, 1.54) is 0 Å². The highest BCUT2D eigenvalue weighted by Gasteiger charge is 2.12. The Hall–Kier alpha value is -2.69. The Bertz CT molecular complexity index is 872. The van der Waals surface area contributed by atoms with Gasteiger partial charge in [-0.3, -0.25) is 14.8 Å². The van der Waals surface area contributed by atoms with Crippen molar-refractivity contribution in [3.8, 4) is 11.1 Å². The van der Waals surface area contributed by atoms with E-state index >= 15 is 0 Å². The maximum atomic E-state index is 12.0. The van der Waals surface area contributed by atoms with Gasteiger partial charge in [-0.15, -0.1) is 0 Å². The fraction of sp³-hybridized carbons (Fsp3) is 0.0714. The van der Waals surface area contributed by atoms with Gasteiger partial charge in [0, 0.05) is 22.8 Å². The molecule has 0 aliphatic rings. The Morgan fingerprint density at radius 2 is 1.84 bits per heavy atom. The van der Waals surface area contributed by atoms with Gasteiger partial charge in [0.15, 0.2) is 0 Å². The highest BCUT2D eigenvalue weighted by Crippen LogP contribution is 2.25. The van der Waals surface area contributed by atoms with Crippen molar-refractivity contribution in [3.05, 3.63) is 63.1 Å². The molecular weight excluding hydrogens is 242 g/mol. The summed E-state index contributed by atoms with van der Waals surface area (Å²) in [7, 11) is 0. The first kappa shape index (κ1) is 11.4. The first-order chi connectivity index (χ1) is 9.16. The van der Waals surface area contributed by atoms with Gasteiger partial charge in [0.05, 0.1) is 11.1 Å². The van der Waals surface area contributed by atoms with E-state index < -0.39 is 11.2 Å². The van der Waals surface area contributed by atoms with Crippen LogP contribution in [0.15, 0.2) is 46.1 Å². The largest absolute Gasteiger partial charge is 0.325 e. The Balaban J connectivity index is 2.44. The molecule has 0 aliphatic carbocycles. The maximum absolute atomic E-state index is 12.0. The van der Waals surface area contributed by atoms with Crippen molar-refractivity contribution in [2.24, 2.45) is 0 Å². The summed E-state index contributed by atoms with van der Waals surface area (Å²) in [5.41, 5.74) is 1.54. The molecule has 0 saturated heterocycles. The van der Waals surface area contributed by atoms with E-state index in [1.807, 2.05) is 30.3 Å². The van der Waals surface area contributed by atoms with Crippen molar-refractivity contribution in [2.75, 3.05) is 0 Å². The van der Waals surface area contributed by atoms with Crippen LogP contribution in [-0.4, -0.2) is 15.0 Å². The molecule has 0 aliphatic heterocycles. The number of aromatic amines is 2. The summed E-state index contributed by atoms with van der Waals surface area (Å²) in [6.45, 7) is 1.70. The van der Waals surface area contributed by atoms with E-state index in [0.717, 1.165) is 10.9 Å². The van der Waals surface area contributed by atoms with Crippen molar-refractivity contribution in [1.29, 1.82) is 0 Å². The summed E-state index contributed by atoms with van der Waals surface area (Å²) in [6, 6.07) is 9.40. The van der Waals surface area contributed by atoms with Gasteiger partial charge in [-0.05, 0) is 13.0 Å². The van der Waals surface area contributed by atoms with Gasteiger partial charge in [-0.25, -0.2) is 4.79 Å². The number of nitrogens with zero attached hydrogens (tertiary/aromatic N) is 1. The molecule has 5 nitrogen and oxygen atoms in total. The first-order valence-electron chi connectivity index (χ1n) is 5.84. The van der Waals surface area contributed by atoms with E-state index in [2.05, 4.69) is 15.0 Å². The molecule has 0 unspecified atom stereocenters. The van der Waals surface area contributed by atoms with Crippen LogP contribution in [0, 0.1) is 6.92 Å². The Kier molecular flexibility index (Phi) is 2.52. The molecule has 0 radical (unpaired) electrons. The summed E-state index contributed by atoms with van der Waals surface area (Å²) in [5, 5.41) is 0.949. The number of rotatable bonds is 1. The minimum Gasteiger partial charge on any atom is -0.311 e. The molecule has 0 saturated carbocycles. The Labute approximate surface area is 108 Å². The molecule has 0 fully saturated rings. The number of hydrogen-bond acceptors (Lipinski definition) is 3. The highest BCUT2D eigenvalue weighted by molar-refractivity contribution is 5.93. The number of benzene rings is 1. The second-order valence-corrected chi connectivity index (χ2v) is 4.29. The smallest absolute Gasteiger partial charge is 0.311 e. The van der Waals surface area contributed by atoms with Crippen LogP contribution < -0.4 is 11.2 Å². The first-order valence-corrected chi connectivity index (χ1v) is 5.84. The zero-order valence-corrected chi connectivity index (χ0v) is 10.2. The normalized spacial score (nSPS) is 10.8. The molecule has 2 heterocycles. The minimum atomic E-state index is -0.501. The van der Waals surface area contributed by atoms with E-state index in [-0.39, 0.29) is 0 Å². The molecule has 3 aromatic rings. The van der Waals surface area contributed by atoms with Crippen LogP contribution in [-0.2, 0) is 0 Å². The van der Waals surface area contributed by atoms with Crippen molar-refractivity contribution in [1.82, 2.24) is 15.0 Å². The zero-order chi connectivity index (χ0) is 13.4. The lowest BCUT2D eigenvalue weighted by molar-refractivity contribution is 0.999. The molecule has 2 N–H and O–H groups in total. The van der Waals surface area contributed by atoms with Crippen LogP contribution in [0.5, 0.6) is 0 Å². The van der Waals surface area contributed by atoms with Gasteiger partial charge >= 0.3 is 5.69 Å².